The molecule has 1 aliphatic rings. The number of ether oxygens (including phenoxy) is 2. The molecular weight excluding hydrogens is 497 g/mol. The van der Waals surface area contributed by atoms with Crippen molar-refractivity contribution in [2.45, 2.75) is 37.8 Å². The Morgan fingerprint density at radius 1 is 0.917 bits per heavy atom. The van der Waals surface area contributed by atoms with Gasteiger partial charge in [-0.3, -0.25) is 4.79 Å². The van der Waals surface area contributed by atoms with Gasteiger partial charge in [0.05, 0.1) is 24.2 Å². The molecule has 2 aromatic rings. The van der Waals surface area contributed by atoms with Crippen molar-refractivity contribution in [3.05, 3.63) is 54.1 Å². The van der Waals surface area contributed by atoms with Gasteiger partial charge in [0.15, 0.2) is 0 Å². The molecule has 3 rings (SSSR count). The number of carbonyl (C=O) groups is 1. The summed E-state index contributed by atoms with van der Waals surface area (Å²) in [5.41, 5.74) is -1.43. The summed E-state index contributed by atoms with van der Waals surface area (Å²) in [7, 11) is -2.16. The Balaban J connectivity index is 1.47. The maximum Gasteiger partial charge on any atom is 0.416 e. The number of nitrogens with zero attached hydrogens (tertiary/aromatic N) is 2. The van der Waals surface area contributed by atoms with Crippen molar-refractivity contribution in [1.29, 1.82) is 0 Å². The number of carbonyl (C=O) groups excluding carboxylic acids is 1. The van der Waals surface area contributed by atoms with Gasteiger partial charge in [-0.25, -0.2) is 8.42 Å². The third-order valence-corrected chi connectivity index (χ3v) is 8.11. The number of amides is 1. The molecular formula is C25H31F3N2O5S. The molecule has 0 bridgehead atoms. The van der Waals surface area contributed by atoms with Crippen LogP contribution < -0.4 is 9.47 Å². The Morgan fingerprint density at radius 3 is 2.00 bits per heavy atom. The van der Waals surface area contributed by atoms with E-state index in [1.54, 1.807) is 17.0 Å². The van der Waals surface area contributed by atoms with Crippen molar-refractivity contribution < 1.29 is 35.9 Å². The predicted octanol–water partition coefficient (Wildman–Crippen LogP) is 4.43. The molecule has 0 aliphatic carbocycles. The fourth-order valence-electron chi connectivity index (χ4n) is 4.01. The van der Waals surface area contributed by atoms with Crippen molar-refractivity contribution in [3.63, 3.8) is 0 Å². The number of rotatable bonds is 9. The highest BCUT2D eigenvalue weighted by atomic mass is 32.2. The van der Waals surface area contributed by atoms with Crippen LogP contribution in [0, 0.1) is 5.41 Å². The summed E-state index contributed by atoms with van der Waals surface area (Å²) < 4.78 is 75.8. The summed E-state index contributed by atoms with van der Waals surface area (Å²) in [6.07, 6.45) is -3.35. The van der Waals surface area contributed by atoms with Gasteiger partial charge < -0.3 is 14.4 Å². The van der Waals surface area contributed by atoms with Gasteiger partial charge in [-0.05, 0) is 61.4 Å². The molecule has 1 aliphatic heterocycles. The van der Waals surface area contributed by atoms with Crippen LogP contribution in [0.3, 0.4) is 0 Å². The van der Waals surface area contributed by atoms with Crippen molar-refractivity contribution in [3.8, 4) is 11.5 Å². The molecule has 11 heteroatoms. The molecule has 1 saturated heterocycles. The fourth-order valence-corrected chi connectivity index (χ4v) is 5.43. The molecule has 0 spiro atoms. The third kappa shape index (κ3) is 6.70. The van der Waals surface area contributed by atoms with Gasteiger partial charge in [-0.2, -0.15) is 17.5 Å². The van der Waals surface area contributed by atoms with Crippen LogP contribution in [0.4, 0.5) is 13.2 Å². The lowest BCUT2D eigenvalue weighted by molar-refractivity contribution is -0.142. The van der Waals surface area contributed by atoms with Gasteiger partial charge in [0.2, 0.25) is 15.9 Å². The number of piperazine rings is 1. The van der Waals surface area contributed by atoms with E-state index in [-0.39, 0.29) is 30.5 Å². The normalized spacial score (nSPS) is 15.6. The van der Waals surface area contributed by atoms with E-state index in [4.69, 9.17) is 9.47 Å². The van der Waals surface area contributed by atoms with Crippen molar-refractivity contribution >= 4 is 15.9 Å². The second-order valence-corrected chi connectivity index (χ2v) is 11.2. The highest BCUT2D eigenvalue weighted by molar-refractivity contribution is 7.89. The molecule has 0 N–H and O–H groups in total. The van der Waals surface area contributed by atoms with E-state index >= 15 is 0 Å². The second-order valence-electron chi connectivity index (χ2n) is 9.23. The number of sulfonamides is 1. The molecule has 1 heterocycles. The molecule has 36 heavy (non-hydrogen) atoms. The van der Waals surface area contributed by atoms with Crippen LogP contribution in [0.15, 0.2) is 53.4 Å². The van der Waals surface area contributed by atoms with Crippen LogP contribution in [0.5, 0.6) is 11.5 Å². The van der Waals surface area contributed by atoms with Crippen LogP contribution in [-0.4, -0.2) is 63.4 Å². The minimum Gasteiger partial charge on any atom is -0.497 e. The summed E-state index contributed by atoms with van der Waals surface area (Å²) in [6.45, 7) is 4.90. The smallest absolute Gasteiger partial charge is 0.416 e. The van der Waals surface area contributed by atoms with Crippen molar-refractivity contribution in [1.82, 2.24) is 9.21 Å². The minimum absolute atomic E-state index is 0.0708. The van der Waals surface area contributed by atoms with Crippen LogP contribution in [-0.2, 0) is 21.0 Å². The minimum atomic E-state index is -4.39. The topological polar surface area (TPSA) is 76.2 Å². The largest absolute Gasteiger partial charge is 0.497 e. The monoisotopic (exact) mass is 528 g/mol. The van der Waals surface area contributed by atoms with E-state index in [1.807, 2.05) is 13.8 Å². The first-order valence-electron chi connectivity index (χ1n) is 11.6. The number of methoxy groups -OCH3 is 1. The van der Waals surface area contributed by atoms with E-state index < -0.39 is 27.2 Å². The molecule has 198 valence electrons. The number of hydrogen-bond donors (Lipinski definition) is 0. The fraction of sp³-hybridized carbons (Fsp3) is 0.480. The van der Waals surface area contributed by atoms with Crippen LogP contribution >= 0.6 is 0 Å². The van der Waals surface area contributed by atoms with Crippen LogP contribution in [0.2, 0.25) is 0 Å². The maximum atomic E-state index is 13.1. The van der Waals surface area contributed by atoms with Crippen LogP contribution in [0.1, 0.15) is 32.3 Å². The highest BCUT2D eigenvalue weighted by Crippen LogP contribution is 2.31. The van der Waals surface area contributed by atoms with E-state index in [1.165, 1.54) is 35.7 Å². The van der Waals surface area contributed by atoms with E-state index in [9.17, 15) is 26.4 Å². The number of benzene rings is 2. The standard InChI is InChI=1S/C25H31F3N2O5S/c1-24(2,13-4-18-35-21-7-5-19(6-8-21)25(26,27)28)23(31)29-14-16-30(17-15-29)36(32,33)22-11-9-20(34-3)10-12-22/h5-12H,4,13-18H2,1-3H3. The average molecular weight is 529 g/mol. The molecule has 0 aromatic heterocycles. The first kappa shape index (κ1) is 27.8. The SMILES string of the molecule is COc1ccc(S(=O)(=O)N2CCN(C(=O)C(C)(C)CCCOc3ccc(C(F)(F)F)cc3)CC2)cc1. The lowest BCUT2D eigenvalue weighted by Crippen LogP contribution is -2.53. The average Bonchev–Trinajstić information content (AvgIpc) is 2.86. The molecule has 0 unspecified atom stereocenters. The van der Waals surface area contributed by atoms with Crippen molar-refractivity contribution in [2.75, 3.05) is 39.9 Å². The number of hydrogen-bond acceptors (Lipinski definition) is 5. The lowest BCUT2D eigenvalue weighted by atomic mass is 9.86. The van der Waals surface area contributed by atoms with E-state index in [0.29, 0.717) is 37.4 Å². The summed E-state index contributed by atoms with van der Waals surface area (Å²) in [4.78, 5) is 15.0. The molecule has 0 radical (unpaired) electrons. The van der Waals surface area contributed by atoms with Crippen LogP contribution in [0.25, 0.3) is 0 Å². The third-order valence-electron chi connectivity index (χ3n) is 6.20. The number of alkyl halides is 3. The first-order valence-corrected chi connectivity index (χ1v) is 13.0. The number of halogens is 3. The highest BCUT2D eigenvalue weighted by Gasteiger charge is 2.36. The quantitative estimate of drug-likeness (QED) is 0.450. The van der Waals surface area contributed by atoms with E-state index in [0.717, 1.165) is 12.1 Å². The second kappa shape index (κ2) is 11.1. The zero-order chi connectivity index (χ0) is 26.6. The lowest BCUT2D eigenvalue weighted by Gasteiger charge is -2.38. The Morgan fingerprint density at radius 2 is 1.47 bits per heavy atom. The molecule has 1 fully saturated rings. The zero-order valence-electron chi connectivity index (χ0n) is 20.5. The van der Waals surface area contributed by atoms with Gasteiger partial charge in [-0.15, -0.1) is 0 Å². The van der Waals surface area contributed by atoms with Crippen molar-refractivity contribution in [2.24, 2.45) is 5.41 Å². The summed E-state index contributed by atoms with van der Waals surface area (Å²) in [5, 5.41) is 0. The Bertz CT molecular complexity index is 1130. The summed E-state index contributed by atoms with van der Waals surface area (Å²) >= 11 is 0. The molecule has 1 amide bonds. The van der Waals surface area contributed by atoms with Gasteiger partial charge in [0.25, 0.3) is 0 Å². The Labute approximate surface area is 209 Å². The molecule has 0 saturated carbocycles. The molecule has 7 nitrogen and oxygen atoms in total. The molecule has 2 aromatic carbocycles. The Hall–Kier alpha value is -2.79. The van der Waals surface area contributed by atoms with Gasteiger partial charge in [0.1, 0.15) is 11.5 Å². The van der Waals surface area contributed by atoms with Gasteiger partial charge in [0, 0.05) is 31.6 Å². The Kier molecular flexibility index (Phi) is 8.55. The van der Waals surface area contributed by atoms with Gasteiger partial charge in [-0.1, -0.05) is 13.8 Å². The summed E-state index contributed by atoms with van der Waals surface area (Å²) in [5.74, 6) is 0.830. The predicted molar refractivity (Wildman–Crippen MR) is 128 cm³/mol. The van der Waals surface area contributed by atoms with E-state index in [2.05, 4.69) is 0 Å². The maximum absolute atomic E-state index is 13.1. The first-order chi connectivity index (χ1) is 16.8. The molecule has 0 atom stereocenters. The van der Waals surface area contributed by atoms with Gasteiger partial charge >= 0.3 is 6.18 Å². The zero-order valence-corrected chi connectivity index (χ0v) is 21.4. The summed E-state index contributed by atoms with van der Waals surface area (Å²) in [6, 6.07) is 10.7.